The van der Waals surface area contributed by atoms with Gasteiger partial charge in [0.15, 0.2) is 6.61 Å². The van der Waals surface area contributed by atoms with Gasteiger partial charge in [-0.2, -0.15) is 0 Å². The fourth-order valence-corrected chi connectivity index (χ4v) is 5.02. The summed E-state index contributed by atoms with van der Waals surface area (Å²) in [6.45, 7) is 5.28. The SMILES string of the molecule is Cc1c(C)c2cc(Cl)c(OCC(=O)NCC3CCC(C(=O)NC[C@H]4CCCO4)CC3)cc2oc1=O. The van der Waals surface area contributed by atoms with Crippen molar-refractivity contribution in [1.29, 1.82) is 0 Å². The van der Waals surface area contributed by atoms with Gasteiger partial charge < -0.3 is 24.5 Å². The first kappa shape index (κ1) is 25.5. The standard InChI is InChI=1S/C26H33ClN2O6/c1-15-16(2)26(32)35-22-11-23(21(27)10-20(15)22)34-14-24(30)28-12-17-5-7-18(8-6-17)25(31)29-13-19-4-3-9-33-19/h10-11,17-19H,3-9,12-14H2,1-2H3,(H,28,30)(H,29,31)/t17?,18?,19-/m1/s1. The molecule has 9 heteroatoms. The molecule has 2 fully saturated rings. The number of carbonyl (C=O) groups is 2. The fraction of sp³-hybridized carbons (Fsp3) is 0.577. The normalized spacial score (nSPS) is 22.2. The van der Waals surface area contributed by atoms with E-state index in [1.54, 1.807) is 19.1 Å². The molecule has 35 heavy (non-hydrogen) atoms. The second-order valence-corrected chi connectivity index (χ2v) is 10.0. The zero-order valence-electron chi connectivity index (χ0n) is 20.3. The lowest BCUT2D eigenvalue weighted by Gasteiger charge is -2.28. The Morgan fingerprint density at radius 1 is 1.06 bits per heavy atom. The summed E-state index contributed by atoms with van der Waals surface area (Å²) in [4.78, 5) is 36.7. The maximum absolute atomic E-state index is 12.4. The molecule has 2 aromatic rings. The van der Waals surface area contributed by atoms with Gasteiger partial charge >= 0.3 is 5.63 Å². The molecule has 1 saturated carbocycles. The molecule has 1 aromatic carbocycles. The highest BCUT2D eigenvalue weighted by atomic mass is 35.5. The molecule has 0 radical (unpaired) electrons. The van der Waals surface area contributed by atoms with Crippen LogP contribution in [0.2, 0.25) is 5.02 Å². The van der Waals surface area contributed by atoms with Crippen molar-refractivity contribution in [2.24, 2.45) is 11.8 Å². The lowest BCUT2D eigenvalue weighted by atomic mass is 9.81. The van der Waals surface area contributed by atoms with Gasteiger partial charge in [-0.15, -0.1) is 0 Å². The minimum Gasteiger partial charge on any atom is -0.482 e. The van der Waals surface area contributed by atoms with Crippen LogP contribution in [0.1, 0.15) is 49.7 Å². The molecule has 0 spiro atoms. The van der Waals surface area contributed by atoms with Gasteiger partial charge in [-0.05, 0) is 69.9 Å². The highest BCUT2D eigenvalue weighted by Gasteiger charge is 2.27. The van der Waals surface area contributed by atoms with Gasteiger partial charge in [-0.3, -0.25) is 9.59 Å². The number of halogens is 1. The highest BCUT2D eigenvalue weighted by Crippen LogP contribution is 2.32. The molecular weight excluding hydrogens is 472 g/mol. The van der Waals surface area contributed by atoms with E-state index in [1.807, 2.05) is 6.92 Å². The third-order valence-electron chi connectivity index (χ3n) is 7.20. The van der Waals surface area contributed by atoms with Gasteiger partial charge in [0.2, 0.25) is 5.91 Å². The van der Waals surface area contributed by atoms with E-state index in [4.69, 9.17) is 25.5 Å². The molecule has 2 heterocycles. The molecular formula is C26H33ClN2O6. The number of ether oxygens (including phenoxy) is 2. The second-order valence-electron chi connectivity index (χ2n) is 9.61. The van der Waals surface area contributed by atoms with Gasteiger partial charge in [-0.1, -0.05) is 11.6 Å². The zero-order chi connectivity index (χ0) is 24.9. The Balaban J connectivity index is 1.20. The van der Waals surface area contributed by atoms with E-state index in [9.17, 15) is 14.4 Å². The van der Waals surface area contributed by atoms with Gasteiger partial charge in [0.25, 0.3) is 5.91 Å². The molecule has 1 saturated heterocycles. The van der Waals surface area contributed by atoms with Crippen LogP contribution >= 0.6 is 11.6 Å². The van der Waals surface area contributed by atoms with Crippen LogP contribution in [0.5, 0.6) is 5.75 Å². The van der Waals surface area contributed by atoms with E-state index in [1.165, 1.54) is 0 Å². The smallest absolute Gasteiger partial charge is 0.339 e. The lowest BCUT2D eigenvalue weighted by molar-refractivity contribution is -0.127. The molecule has 0 bridgehead atoms. The third-order valence-corrected chi connectivity index (χ3v) is 7.50. The van der Waals surface area contributed by atoms with E-state index in [0.717, 1.165) is 56.1 Å². The highest BCUT2D eigenvalue weighted by molar-refractivity contribution is 6.32. The molecule has 4 rings (SSSR count). The maximum Gasteiger partial charge on any atom is 0.339 e. The summed E-state index contributed by atoms with van der Waals surface area (Å²) < 4.78 is 16.5. The van der Waals surface area contributed by atoms with E-state index >= 15 is 0 Å². The van der Waals surface area contributed by atoms with E-state index in [-0.39, 0.29) is 36.2 Å². The summed E-state index contributed by atoms with van der Waals surface area (Å²) in [6, 6.07) is 3.23. The molecule has 8 nitrogen and oxygen atoms in total. The quantitative estimate of drug-likeness (QED) is 0.531. The van der Waals surface area contributed by atoms with Crippen LogP contribution in [0, 0.1) is 25.7 Å². The lowest BCUT2D eigenvalue weighted by Crippen LogP contribution is -2.39. The van der Waals surface area contributed by atoms with E-state index in [2.05, 4.69) is 10.6 Å². The Labute approximate surface area is 209 Å². The number of carbonyl (C=O) groups excluding carboxylic acids is 2. The van der Waals surface area contributed by atoms with Crippen LogP contribution in [-0.2, 0) is 14.3 Å². The average Bonchev–Trinajstić information content (AvgIpc) is 3.38. The van der Waals surface area contributed by atoms with Crippen LogP contribution in [0.25, 0.3) is 11.0 Å². The van der Waals surface area contributed by atoms with E-state index < -0.39 is 5.63 Å². The molecule has 190 valence electrons. The number of rotatable bonds is 8. The number of aryl methyl sites for hydroxylation is 1. The molecule has 2 amide bonds. The number of hydrogen-bond acceptors (Lipinski definition) is 6. The minimum atomic E-state index is -0.406. The van der Waals surface area contributed by atoms with Crippen molar-refractivity contribution >= 4 is 34.4 Å². The Bertz CT molecular complexity index is 1130. The summed E-state index contributed by atoms with van der Waals surface area (Å²) in [5.41, 5.74) is 1.30. The van der Waals surface area contributed by atoms with E-state index in [0.29, 0.717) is 35.2 Å². The zero-order valence-corrected chi connectivity index (χ0v) is 21.0. The first-order valence-corrected chi connectivity index (χ1v) is 12.7. The Morgan fingerprint density at radius 3 is 2.54 bits per heavy atom. The van der Waals surface area contributed by atoms with Gasteiger partial charge in [0, 0.05) is 42.6 Å². The molecule has 1 atom stereocenters. The fourth-order valence-electron chi connectivity index (χ4n) is 4.80. The molecule has 0 unspecified atom stereocenters. The maximum atomic E-state index is 12.4. The van der Waals surface area contributed by atoms with Crippen molar-refractivity contribution in [2.75, 3.05) is 26.3 Å². The average molecular weight is 505 g/mol. The largest absolute Gasteiger partial charge is 0.482 e. The van der Waals surface area contributed by atoms with Crippen molar-refractivity contribution in [3.8, 4) is 5.75 Å². The molecule has 1 aromatic heterocycles. The third kappa shape index (κ3) is 6.35. The van der Waals surface area contributed by atoms with Crippen molar-refractivity contribution in [3.05, 3.63) is 38.7 Å². The van der Waals surface area contributed by atoms with Crippen LogP contribution in [0.15, 0.2) is 21.3 Å². The van der Waals surface area contributed by atoms with Crippen LogP contribution < -0.4 is 21.0 Å². The number of hydrogen-bond donors (Lipinski definition) is 2. The van der Waals surface area contributed by atoms with Gasteiger partial charge in [-0.25, -0.2) is 4.79 Å². The van der Waals surface area contributed by atoms with Crippen molar-refractivity contribution < 1.29 is 23.5 Å². The number of amides is 2. The molecule has 1 aliphatic heterocycles. The van der Waals surface area contributed by atoms with Crippen LogP contribution in [0.4, 0.5) is 0 Å². The van der Waals surface area contributed by atoms with Crippen LogP contribution in [-0.4, -0.2) is 44.2 Å². The summed E-state index contributed by atoms with van der Waals surface area (Å²) in [5, 5.41) is 7.03. The predicted molar refractivity (Wildman–Crippen MR) is 133 cm³/mol. The molecule has 1 aliphatic carbocycles. The summed E-state index contributed by atoms with van der Waals surface area (Å²) in [7, 11) is 0. The Hall–Kier alpha value is -2.58. The summed E-state index contributed by atoms with van der Waals surface area (Å²) in [6.07, 6.45) is 5.68. The first-order valence-electron chi connectivity index (χ1n) is 12.3. The predicted octanol–water partition coefficient (Wildman–Crippen LogP) is 3.66. The van der Waals surface area contributed by atoms with Gasteiger partial charge in [0.1, 0.15) is 11.3 Å². The van der Waals surface area contributed by atoms with Gasteiger partial charge in [0.05, 0.1) is 11.1 Å². The number of benzene rings is 1. The van der Waals surface area contributed by atoms with Crippen molar-refractivity contribution in [2.45, 2.75) is 58.5 Å². The summed E-state index contributed by atoms with van der Waals surface area (Å²) >= 11 is 6.33. The molecule has 2 aliphatic rings. The molecule has 2 N–H and O–H groups in total. The minimum absolute atomic E-state index is 0.0363. The number of fused-ring (bicyclic) bond motifs is 1. The van der Waals surface area contributed by atoms with Crippen LogP contribution in [0.3, 0.4) is 0 Å². The first-order chi connectivity index (χ1) is 16.8. The van der Waals surface area contributed by atoms with Crippen molar-refractivity contribution in [3.63, 3.8) is 0 Å². The Kier molecular flexibility index (Phi) is 8.34. The topological polar surface area (TPSA) is 107 Å². The second kappa shape index (κ2) is 11.4. The monoisotopic (exact) mass is 504 g/mol. The number of nitrogens with one attached hydrogen (secondary N) is 2. The Morgan fingerprint density at radius 2 is 1.83 bits per heavy atom. The summed E-state index contributed by atoms with van der Waals surface area (Å²) in [5.74, 6) is 0.527. The van der Waals surface area contributed by atoms with Crippen molar-refractivity contribution in [1.82, 2.24) is 10.6 Å².